The Balaban J connectivity index is 1.64. The lowest BCUT2D eigenvalue weighted by atomic mass is 10.0. The summed E-state index contributed by atoms with van der Waals surface area (Å²) < 4.78 is 33.2. The van der Waals surface area contributed by atoms with E-state index in [1.54, 1.807) is 0 Å². The third kappa shape index (κ3) is 12.5. The average molecular weight is 489 g/mol. The van der Waals surface area contributed by atoms with Crippen molar-refractivity contribution in [3.8, 4) is 17.1 Å². The Morgan fingerprint density at radius 3 is 1.83 bits per heavy atom. The van der Waals surface area contributed by atoms with Gasteiger partial charge >= 0.3 is 0 Å². The zero-order valence-electron chi connectivity index (χ0n) is 22.0. The normalized spacial score (nSPS) is 13.0. The smallest absolute Gasteiger partial charge is 0.165 e. The van der Waals surface area contributed by atoms with Gasteiger partial charge in [0.25, 0.3) is 0 Å². The second-order valence-electron chi connectivity index (χ2n) is 9.71. The lowest BCUT2D eigenvalue weighted by molar-refractivity contribution is 0.101. The van der Waals surface area contributed by atoms with Crippen LogP contribution in [0.4, 0.5) is 8.78 Å². The van der Waals surface area contributed by atoms with Crippen LogP contribution in [0.1, 0.15) is 109 Å². The fourth-order valence-electron chi connectivity index (χ4n) is 4.23. The van der Waals surface area contributed by atoms with Gasteiger partial charge in [-0.1, -0.05) is 115 Å². The SMILES string of the molecule is CCCCCCCCCCCCc1ccc(-c2ncc(OCC(F)C(F)CCCCC)cn2)cc1. The number of hydrogen-bond acceptors (Lipinski definition) is 3. The highest BCUT2D eigenvalue weighted by molar-refractivity contribution is 5.55. The molecule has 0 radical (unpaired) electrons. The van der Waals surface area contributed by atoms with Crippen LogP contribution >= 0.6 is 0 Å². The Bertz CT molecular complexity index is 767. The summed E-state index contributed by atoms with van der Waals surface area (Å²) in [5.41, 5.74) is 2.27. The molecule has 1 aromatic carbocycles. The number of hydrogen-bond donors (Lipinski definition) is 0. The largest absolute Gasteiger partial charge is 0.487 e. The highest BCUT2D eigenvalue weighted by Crippen LogP contribution is 2.20. The summed E-state index contributed by atoms with van der Waals surface area (Å²) in [4.78, 5) is 8.67. The van der Waals surface area contributed by atoms with Crippen LogP contribution in [0.2, 0.25) is 0 Å². The van der Waals surface area contributed by atoms with E-state index < -0.39 is 12.3 Å². The first-order valence-electron chi connectivity index (χ1n) is 14.0. The minimum absolute atomic E-state index is 0.239. The van der Waals surface area contributed by atoms with E-state index in [-0.39, 0.29) is 13.0 Å². The topological polar surface area (TPSA) is 35.0 Å². The minimum Gasteiger partial charge on any atom is -0.487 e. The van der Waals surface area contributed by atoms with Crippen molar-refractivity contribution in [3.63, 3.8) is 0 Å². The van der Waals surface area contributed by atoms with E-state index in [4.69, 9.17) is 4.74 Å². The molecule has 0 saturated heterocycles. The van der Waals surface area contributed by atoms with Crippen LogP contribution in [0.25, 0.3) is 11.4 Å². The molecule has 196 valence electrons. The van der Waals surface area contributed by atoms with Crippen LogP contribution in [-0.4, -0.2) is 28.9 Å². The molecule has 0 aliphatic heterocycles. The van der Waals surface area contributed by atoms with Crippen molar-refractivity contribution < 1.29 is 13.5 Å². The van der Waals surface area contributed by atoms with E-state index in [9.17, 15) is 8.78 Å². The summed E-state index contributed by atoms with van der Waals surface area (Å²) in [5, 5.41) is 0. The number of benzene rings is 1. The Labute approximate surface area is 212 Å². The zero-order valence-corrected chi connectivity index (χ0v) is 22.0. The maximum Gasteiger partial charge on any atom is 0.165 e. The van der Waals surface area contributed by atoms with Gasteiger partial charge in [0, 0.05) is 5.56 Å². The van der Waals surface area contributed by atoms with Gasteiger partial charge < -0.3 is 4.74 Å². The van der Waals surface area contributed by atoms with Crippen LogP contribution < -0.4 is 4.74 Å². The van der Waals surface area contributed by atoms with Crippen molar-refractivity contribution in [2.75, 3.05) is 6.61 Å². The van der Waals surface area contributed by atoms with E-state index in [0.29, 0.717) is 18.0 Å². The van der Waals surface area contributed by atoms with Gasteiger partial charge in [0.15, 0.2) is 17.7 Å². The first-order chi connectivity index (χ1) is 17.1. The molecular weight excluding hydrogens is 442 g/mol. The fraction of sp³-hybridized carbons (Fsp3) is 0.667. The Kier molecular flexibility index (Phi) is 15.2. The quantitative estimate of drug-likeness (QED) is 0.174. The molecule has 0 saturated carbocycles. The molecule has 0 aliphatic carbocycles. The maximum absolute atomic E-state index is 14.0. The Morgan fingerprint density at radius 2 is 1.23 bits per heavy atom. The fourth-order valence-corrected chi connectivity index (χ4v) is 4.23. The summed E-state index contributed by atoms with van der Waals surface area (Å²) in [6.07, 6.45) is 17.4. The van der Waals surface area contributed by atoms with Crippen molar-refractivity contribution in [1.29, 1.82) is 0 Å². The van der Waals surface area contributed by atoms with Crippen molar-refractivity contribution in [1.82, 2.24) is 9.97 Å². The van der Waals surface area contributed by atoms with Crippen LogP contribution in [0, 0.1) is 0 Å². The summed E-state index contributed by atoms with van der Waals surface area (Å²) in [6.45, 7) is 3.99. The molecule has 1 heterocycles. The number of rotatable bonds is 20. The standard InChI is InChI=1S/C30H46F2N2O/c1-3-5-7-8-9-10-11-12-13-15-16-25-18-20-26(21-19-25)30-33-22-27(23-34-30)35-24-29(32)28(31)17-14-6-4-2/h18-23,28-29H,3-17,24H2,1-2H3. The Morgan fingerprint density at radius 1 is 0.686 bits per heavy atom. The van der Waals surface area contributed by atoms with Gasteiger partial charge in [-0.05, 0) is 24.8 Å². The van der Waals surface area contributed by atoms with Crippen molar-refractivity contribution in [3.05, 3.63) is 42.2 Å². The number of ether oxygens (including phenoxy) is 1. The van der Waals surface area contributed by atoms with Crippen molar-refractivity contribution in [2.45, 2.75) is 123 Å². The molecule has 2 aromatic rings. The number of aryl methyl sites for hydroxylation is 1. The highest BCUT2D eigenvalue weighted by atomic mass is 19.2. The van der Waals surface area contributed by atoms with Crippen LogP contribution in [0.5, 0.6) is 5.75 Å². The molecule has 2 rings (SSSR count). The molecule has 35 heavy (non-hydrogen) atoms. The molecule has 3 nitrogen and oxygen atoms in total. The van der Waals surface area contributed by atoms with Crippen molar-refractivity contribution in [2.24, 2.45) is 0 Å². The van der Waals surface area contributed by atoms with Gasteiger partial charge in [-0.2, -0.15) is 0 Å². The third-order valence-corrected chi connectivity index (χ3v) is 6.54. The second kappa shape index (κ2) is 18.3. The molecular formula is C30H46F2N2O. The minimum atomic E-state index is -1.63. The molecule has 0 spiro atoms. The van der Waals surface area contributed by atoms with Gasteiger partial charge in [0.2, 0.25) is 0 Å². The predicted molar refractivity (Wildman–Crippen MR) is 142 cm³/mol. The molecule has 0 fully saturated rings. The van der Waals surface area contributed by atoms with E-state index in [1.165, 1.54) is 82.2 Å². The number of unbranched alkanes of at least 4 members (excludes halogenated alkanes) is 11. The van der Waals surface area contributed by atoms with Crippen LogP contribution in [0.3, 0.4) is 0 Å². The lowest BCUT2D eigenvalue weighted by Gasteiger charge is -2.14. The summed E-state index contributed by atoms with van der Waals surface area (Å²) in [5.74, 6) is 0.956. The molecule has 0 bridgehead atoms. The summed E-state index contributed by atoms with van der Waals surface area (Å²) in [7, 11) is 0. The zero-order chi connectivity index (χ0) is 25.1. The highest BCUT2D eigenvalue weighted by Gasteiger charge is 2.20. The molecule has 0 amide bonds. The van der Waals surface area contributed by atoms with Crippen LogP contribution in [-0.2, 0) is 6.42 Å². The summed E-state index contributed by atoms with van der Waals surface area (Å²) in [6, 6.07) is 8.38. The van der Waals surface area contributed by atoms with Crippen molar-refractivity contribution >= 4 is 0 Å². The first-order valence-corrected chi connectivity index (χ1v) is 14.0. The third-order valence-electron chi connectivity index (χ3n) is 6.54. The number of alkyl halides is 2. The predicted octanol–water partition coefficient (Wildman–Crippen LogP) is 9.24. The van der Waals surface area contributed by atoms with E-state index in [0.717, 1.165) is 24.8 Å². The Hall–Kier alpha value is -2.04. The maximum atomic E-state index is 14.0. The number of aromatic nitrogens is 2. The number of halogens is 2. The van der Waals surface area contributed by atoms with E-state index >= 15 is 0 Å². The molecule has 0 aliphatic rings. The monoisotopic (exact) mass is 488 g/mol. The van der Waals surface area contributed by atoms with E-state index in [1.807, 2.05) is 19.1 Å². The molecule has 0 N–H and O–H groups in total. The molecule has 2 atom stereocenters. The van der Waals surface area contributed by atoms with E-state index in [2.05, 4.69) is 29.0 Å². The van der Waals surface area contributed by atoms with Gasteiger partial charge in [0.05, 0.1) is 12.4 Å². The molecule has 1 aromatic heterocycles. The van der Waals surface area contributed by atoms with Gasteiger partial charge in [-0.3, -0.25) is 0 Å². The lowest BCUT2D eigenvalue weighted by Crippen LogP contribution is -2.24. The summed E-state index contributed by atoms with van der Waals surface area (Å²) >= 11 is 0. The second-order valence-corrected chi connectivity index (χ2v) is 9.71. The molecule has 5 heteroatoms. The number of nitrogens with zero attached hydrogens (tertiary/aromatic N) is 2. The van der Waals surface area contributed by atoms with Gasteiger partial charge in [-0.25, -0.2) is 18.7 Å². The van der Waals surface area contributed by atoms with Gasteiger partial charge in [0.1, 0.15) is 12.8 Å². The van der Waals surface area contributed by atoms with Gasteiger partial charge in [-0.15, -0.1) is 0 Å². The average Bonchev–Trinajstić information content (AvgIpc) is 2.89. The molecule has 2 unspecified atom stereocenters. The van der Waals surface area contributed by atoms with Crippen LogP contribution in [0.15, 0.2) is 36.7 Å². The first kappa shape index (κ1) is 29.2.